The van der Waals surface area contributed by atoms with Gasteiger partial charge in [0, 0.05) is 5.39 Å². The molecule has 0 bridgehead atoms. The van der Waals surface area contributed by atoms with Crippen molar-refractivity contribution in [2.45, 2.75) is 6.92 Å². The van der Waals surface area contributed by atoms with Crippen molar-refractivity contribution in [1.82, 2.24) is 9.78 Å². The Morgan fingerprint density at radius 3 is 2.95 bits per heavy atom. The van der Waals surface area contributed by atoms with E-state index in [-0.39, 0.29) is 12.0 Å². The maximum Gasteiger partial charge on any atom is 0.434 e. The highest BCUT2D eigenvalue weighted by Gasteiger charge is 2.15. The van der Waals surface area contributed by atoms with Crippen molar-refractivity contribution < 1.29 is 13.9 Å². The molecular weight excluding hydrogens is 248 g/mol. The molecule has 0 amide bonds. The molecule has 0 aliphatic rings. The molecule has 0 atom stereocenters. The molecule has 1 aromatic carbocycles. The van der Waals surface area contributed by atoms with Crippen LogP contribution in [0.5, 0.6) is 0 Å². The maximum absolute atomic E-state index is 11.8. The van der Waals surface area contributed by atoms with E-state index in [1.165, 1.54) is 6.20 Å². The second-order valence-electron chi connectivity index (χ2n) is 3.92. The molecular formula is C13H10N2O4. The van der Waals surface area contributed by atoms with Crippen LogP contribution in [0.3, 0.4) is 0 Å². The van der Waals surface area contributed by atoms with Crippen LogP contribution in [0.15, 0.2) is 39.7 Å². The molecule has 0 unspecified atom stereocenters. The summed E-state index contributed by atoms with van der Waals surface area (Å²) >= 11 is 0. The number of benzene rings is 1. The van der Waals surface area contributed by atoms with Gasteiger partial charge in [0.15, 0.2) is 0 Å². The van der Waals surface area contributed by atoms with Crippen molar-refractivity contribution in [3.05, 3.63) is 40.9 Å². The molecule has 19 heavy (non-hydrogen) atoms. The van der Waals surface area contributed by atoms with Crippen LogP contribution >= 0.6 is 0 Å². The highest BCUT2D eigenvalue weighted by molar-refractivity contribution is 6.02. The molecule has 0 aliphatic heterocycles. The van der Waals surface area contributed by atoms with Gasteiger partial charge in [0.05, 0.1) is 12.8 Å². The third-order valence-electron chi connectivity index (χ3n) is 2.73. The molecule has 0 spiro atoms. The van der Waals surface area contributed by atoms with Gasteiger partial charge in [-0.25, -0.2) is 9.59 Å². The topological polar surface area (TPSA) is 74.3 Å². The molecule has 0 saturated carbocycles. The summed E-state index contributed by atoms with van der Waals surface area (Å²) in [5, 5.41) is 5.04. The fourth-order valence-electron chi connectivity index (χ4n) is 1.91. The van der Waals surface area contributed by atoms with Gasteiger partial charge in [0.2, 0.25) is 0 Å². The molecule has 0 aliphatic carbocycles. The number of carbonyl (C=O) groups is 1. The summed E-state index contributed by atoms with van der Waals surface area (Å²) in [5.41, 5.74) is 0.346. The lowest BCUT2D eigenvalue weighted by molar-refractivity contribution is 0.150. The summed E-state index contributed by atoms with van der Waals surface area (Å²) < 4.78 is 11.0. The smallest absolute Gasteiger partial charge is 0.434 e. The quantitative estimate of drug-likeness (QED) is 0.625. The monoisotopic (exact) mass is 258 g/mol. The normalized spacial score (nSPS) is 11.0. The van der Waals surface area contributed by atoms with Crippen molar-refractivity contribution in [3.63, 3.8) is 0 Å². The number of fused-ring (bicyclic) bond motifs is 3. The molecule has 96 valence electrons. The lowest BCUT2D eigenvalue weighted by Crippen LogP contribution is -2.13. The highest BCUT2D eigenvalue weighted by Crippen LogP contribution is 2.20. The van der Waals surface area contributed by atoms with Gasteiger partial charge < -0.3 is 9.15 Å². The first-order valence-electron chi connectivity index (χ1n) is 5.79. The van der Waals surface area contributed by atoms with Crippen LogP contribution in [0.25, 0.3) is 21.9 Å². The van der Waals surface area contributed by atoms with Crippen molar-refractivity contribution in [2.75, 3.05) is 6.61 Å². The zero-order valence-electron chi connectivity index (χ0n) is 10.1. The number of rotatable bonds is 1. The Morgan fingerprint density at radius 2 is 2.16 bits per heavy atom. The number of hydrogen-bond acceptors (Lipinski definition) is 5. The third-order valence-corrected chi connectivity index (χ3v) is 2.73. The van der Waals surface area contributed by atoms with E-state index in [9.17, 15) is 9.59 Å². The van der Waals surface area contributed by atoms with Crippen molar-refractivity contribution in [1.29, 1.82) is 0 Å². The molecule has 0 radical (unpaired) electrons. The average Bonchev–Trinajstić information content (AvgIpc) is 2.85. The molecule has 6 nitrogen and oxygen atoms in total. The van der Waals surface area contributed by atoms with Crippen LogP contribution < -0.4 is 5.63 Å². The van der Waals surface area contributed by atoms with Crippen LogP contribution in [0.4, 0.5) is 4.79 Å². The van der Waals surface area contributed by atoms with E-state index < -0.39 is 11.7 Å². The first-order chi connectivity index (χ1) is 9.20. The van der Waals surface area contributed by atoms with Crippen LogP contribution in [0, 0.1) is 0 Å². The van der Waals surface area contributed by atoms with Crippen LogP contribution in [-0.2, 0) is 4.74 Å². The average molecular weight is 258 g/mol. The minimum absolute atomic E-state index is 0.240. The summed E-state index contributed by atoms with van der Waals surface area (Å²) in [7, 11) is 0. The van der Waals surface area contributed by atoms with Gasteiger partial charge in [0.1, 0.15) is 16.5 Å². The molecule has 2 aromatic heterocycles. The summed E-state index contributed by atoms with van der Waals surface area (Å²) in [5.74, 6) is 0. The van der Waals surface area contributed by atoms with E-state index in [0.717, 1.165) is 4.68 Å². The van der Waals surface area contributed by atoms with Gasteiger partial charge in [0.25, 0.3) is 0 Å². The zero-order chi connectivity index (χ0) is 13.4. The molecule has 3 aromatic rings. The van der Waals surface area contributed by atoms with E-state index >= 15 is 0 Å². The minimum Gasteiger partial charge on any atom is -0.448 e. The Kier molecular flexibility index (Phi) is 2.56. The fraction of sp³-hybridized carbons (Fsp3) is 0.154. The second kappa shape index (κ2) is 4.24. The number of para-hydroxylation sites is 1. The van der Waals surface area contributed by atoms with Gasteiger partial charge in [-0.05, 0) is 19.1 Å². The Labute approximate surface area is 107 Å². The maximum atomic E-state index is 11.8. The van der Waals surface area contributed by atoms with E-state index in [2.05, 4.69) is 5.10 Å². The van der Waals surface area contributed by atoms with Gasteiger partial charge in [-0.1, -0.05) is 12.1 Å². The fourth-order valence-corrected chi connectivity index (χ4v) is 1.91. The summed E-state index contributed by atoms with van der Waals surface area (Å²) in [6, 6.07) is 7.03. The lowest BCUT2D eigenvalue weighted by atomic mass is 10.2. The SMILES string of the molecule is CCOC(=O)n1cc2c(=O)oc3ccccc3c2n1. The predicted molar refractivity (Wildman–Crippen MR) is 68.2 cm³/mol. The first kappa shape index (κ1) is 11.5. The Bertz CT molecular complexity index is 831. The largest absolute Gasteiger partial charge is 0.448 e. The van der Waals surface area contributed by atoms with E-state index in [0.29, 0.717) is 16.5 Å². The van der Waals surface area contributed by atoms with Crippen LogP contribution in [0.2, 0.25) is 0 Å². The first-order valence-corrected chi connectivity index (χ1v) is 5.79. The zero-order valence-corrected chi connectivity index (χ0v) is 10.1. The number of aromatic nitrogens is 2. The molecule has 2 heterocycles. The Hall–Kier alpha value is -2.63. The number of ether oxygens (including phenoxy) is 1. The molecule has 0 saturated heterocycles. The Balaban J connectivity index is 2.32. The molecule has 0 N–H and O–H groups in total. The number of carbonyl (C=O) groups excluding carboxylic acids is 1. The van der Waals surface area contributed by atoms with Crippen molar-refractivity contribution in [2.24, 2.45) is 0 Å². The minimum atomic E-state index is -0.623. The number of nitrogens with zero attached hydrogens (tertiary/aromatic N) is 2. The molecule has 6 heteroatoms. The number of hydrogen-bond donors (Lipinski definition) is 0. The second-order valence-corrected chi connectivity index (χ2v) is 3.92. The Morgan fingerprint density at radius 1 is 1.37 bits per heavy atom. The predicted octanol–water partition coefficient (Wildman–Crippen LogP) is 2.15. The standard InChI is InChI=1S/C13H10N2O4/c1-2-18-13(17)15-7-9-11(14-15)8-5-3-4-6-10(8)19-12(9)16/h3-7H,2H2,1H3. The van der Waals surface area contributed by atoms with Crippen molar-refractivity contribution >= 4 is 28.0 Å². The molecule has 0 fully saturated rings. The van der Waals surface area contributed by atoms with E-state index in [4.69, 9.17) is 9.15 Å². The third kappa shape index (κ3) is 1.77. The summed E-state index contributed by atoms with van der Waals surface area (Å²) in [6.07, 6.45) is 0.702. The van der Waals surface area contributed by atoms with Crippen LogP contribution in [0.1, 0.15) is 6.92 Å². The van der Waals surface area contributed by atoms with Gasteiger partial charge in [-0.2, -0.15) is 9.78 Å². The lowest BCUT2D eigenvalue weighted by Gasteiger charge is -1.98. The summed E-state index contributed by atoms with van der Waals surface area (Å²) in [4.78, 5) is 23.4. The van der Waals surface area contributed by atoms with E-state index in [1.807, 2.05) is 6.07 Å². The van der Waals surface area contributed by atoms with Gasteiger partial charge in [-0.15, -0.1) is 0 Å². The van der Waals surface area contributed by atoms with Crippen LogP contribution in [-0.4, -0.2) is 22.5 Å². The summed E-state index contributed by atoms with van der Waals surface area (Å²) in [6.45, 7) is 1.94. The molecule has 3 rings (SSSR count). The van der Waals surface area contributed by atoms with E-state index in [1.54, 1.807) is 25.1 Å². The van der Waals surface area contributed by atoms with Crippen molar-refractivity contribution in [3.8, 4) is 0 Å². The van der Waals surface area contributed by atoms with Gasteiger partial charge in [-0.3, -0.25) is 0 Å². The van der Waals surface area contributed by atoms with Gasteiger partial charge >= 0.3 is 11.7 Å². The highest BCUT2D eigenvalue weighted by atomic mass is 16.5.